The van der Waals surface area contributed by atoms with Crippen LogP contribution in [-0.2, 0) is 11.3 Å². The van der Waals surface area contributed by atoms with E-state index in [1.165, 1.54) is 5.56 Å². The van der Waals surface area contributed by atoms with Crippen molar-refractivity contribution >= 4 is 11.6 Å². The second-order valence-electron chi connectivity index (χ2n) is 8.19. The Hall–Kier alpha value is -3.71. The van der Waals surface area contributed by atoms with Crippen molar-refractivity contribution in [3.8, 4) is 11.4 Å². The number of likely N-dealkylation sites (tertiary alicyclic amines) is 1. The van der Waals surface area contributed by atoms with Crippen LogP contribution in [0.25, 0.3) is 11.4 Å². The predicted octanol–water partition coefficient (Wildman–Crippen LogP) is 3.91. The number of hydrogen-bond acceptors (Lipinski definition) is 4. The molecule has 7 heteroatoms. The van der Waals surface area contributed by atoms with Crippen LogP contribution in [0.5, 0.6) is 0 Å². The average Bonchev–Trinajstić information content (AvgIpc) is 3.54. The van der Waals surface area contributed by atoms with Crippen molar-refractivity contribution < 1.29 is 4.79 Å². The van der Waals surface area contributed by atoms with Gasteiger partial charge in [-0.1, -0.05) is 18.2 Å². The van der Waals surface area contributed by atoms with Crippen molar-refractivity contribution in [1.82, 2.24) is 24.5 Å². The molecule has 1 saturated heterocycles. The van der Waals surface area contributed by atoms with E-state index in [1.54, 1.807) is 17.1 Å². The molecule has 0 spiro atoms. The second kappa shape index (κ2) is 9.20. The molecule has 2 aromatic carbocycles. The average molecular weight is 427 g/mol. The first-order valence-corrected chi connectivity index (χ1v) is 11.0. The molecule has 1 aliphatic rings. The fraction of sp³-hybridized carbons (Fsp3) is 0.240. The number of carbonyl (C=O) groups excluding carboxylic acids is 1. The minimum atomic E-state index is -0.0218. The van der Waals surface area contributed by atoms with Crippen molar-refractivity contribution in [2.75, 3.05) is 18.4 Å². The van der Waals surface area contributed by atoms with Gasteiger partial charge in [-0.25, -0.2) is 9.36 Å². The Bertz CT molecular complexity index is 1170. The van der Waals surface area contributed by atoms with Crippen LogP contribution in [0.3, 0.4) is 0 Å². The van der Waals surface area contributed by atoms with Gasteiger partial charge >= 0.3 is 0 Å². The third kappa shape index (κ3) is 4.63. The number of nitrogens with one attached hydrogen (secondary N) is 1. The van der Waals surface area contributed by atoms with Gasteiger partial charge in [0.25, 0.3) is 0 Å². The lowest BCUT2D eigenvalue weighted by Gasteiger charge is -2.32. The standard InChI is InChI=1S/C25H26N6O/c32-25(28-22-8-2-10-24(17-22)31-15-5-12-27-31)21-7-3-13-29(19-21)18-20-6-1-9-23(16-20)30-14-4-11-26-30/h1-2,4-6,8-12,14-17,21H,3,7,13,18-19H2,(H,28,32). The largest absolute Gasteiger partial charge is 0.326 e. The van der Waals surface area contributed by atoms with Gasteiger partial charge in [0.2, 0.25) is 5.91 Å². The summed E-state index contributed by atoms with van der Waals surface area (Å²) < 4.78 is 3.66. The molecule has 5 rings (SSSR count). The first-order chi connectivity index (χ1) is 15.7. The fourth-order valence-electron chi connectivity index (χ4n) is 4.28. The van der Waals surface area contributed by atoms with Crippen LogP contribution in [0, 0.1) is 5.92 Å². The third-order valence-corrected chi connectivity index (χ3v) is 5.84. The van der Waals surface area contributed by atoms with Gasteiger partial charge in [0.05, 0.1) is 17.3 Å². The number of aromatic nitrogens is 4. The van der Waals surface area contributed by atoms with Gasteiger partial charge in [0.1, 0.15) is 0 Å². The number of piperidine rings is 1. The zero-order valence-electron chi connectivity index (χ0n) is 17.8. The number of anilines is 1. The van der Waals surface area contributed by atoms with E-state index < -0.39 is 0 Å². The number of benzene rings is 2. The Kier molecular flexibility index (Phi) is 5.81. The Morgan fingerprint density at radius 2 is 1.66 bits per heavy atom. The molecule has 7 nitrogen and oxygen atoms in total. The fourth-order valence-corrected chi connectivity index (χ4v) is 4.28. The molecule has 0 bridgehead atoms. The SMILES string of the molecule is O=C(Nc1cccc(-n2cccn2)c1)C1CCCN(Cc2cccc(-n3cccn3)c2)C1. The topological polar surface area (TPSA) is 68.0 Å². The minimum Gasteiger partial charge on any atom is -0.326 e. The Balaban J connectivity index is 1.22. The van der Waals surface area contributed by atoms with Crippen molar-refractivity contribution in [1.29, 1.82) is 0 Å². The van der Waals surface area contributed by atoms with E-state index in [9.17, 15) is 4.79 Å². The first kappa shape index (κ1) is 20.2. The van der Waals surface area contributed by atoms with E-state index in [0.717, 1.165) is 49.5 Å². The van der Waals surface area contributed by atoms with Crippen molar-refractivity contribution in [2.45, 2.75) is 19.4 Å². The molecule has 32 heavy (non-hydrogen) atoms. The molecule has 0 radical (unpaired) electrons. The van der Waals surface area contributed by atoms with E-state index >= 15 is 0 Å². The molecule has 0 saturated carbocycles. The molecule has 1 atom stereocenters. The maximum atomic E-state index is 13.0. The van der Waals surface area contributed by atoms with E-state index in [1.807, 2.05) is 53.5 Å². The van der Waals surface area contributed by atoms with E-state index in [2.05, 4.69) is 44.7 Å². The molecule has 1 fully saturated rings. The maximum absolute atomic E-state index is 13.0. The van der Waals surface area contributed by atoms with Gasteiger partial charge in [-0.15, -0.1) is 0 Å². The minimum absolute atomic E-state index is 0.0218. The molecular weight excluding hydrogens is 400 g/mol. The molecule has 1 amide bonds. The summed E-state index contributed by atoms with van der Waals surface area (Å²) in [4.78, 5) is 15.4. The molecule has 1 N–H and O–H groups in total. The van der Waals surface area contributed by atoms with Crippen molar-refractivity contribution in [3.05, 3.63) is 91.0 Å². The van der Waals surface area contributed by atoms with Crippen molar-refractivity contribution in [2.24, 2.45) is 5.92 Å². The van der Waals surface area contributed by atoms with Crippen LogP contribution in [0.2, 0.25) is 0 Å². The lowest BCUT2D eigenvalue weighted by molar-refractivity contribution is -0.121. The van der Waals surface area contributed by atoms with Crippen LogP contribution in [0.15, 0.2) is 85.5 Å². The third-order valence-electron chi connectivity index (χ3n) is 5.84. The molecule has 1 unspecified atom stereocenters. The first-order valence-electron chi connectivity index (χ1n) is 11.0. The van der Waals surface area contributed by atoms with Gasteiger partial charge < -0.3 is 5.32 Å². The summed E-state index contributed by atoms with van der Waals surface area (Å²) in [6.45, 7) is 2.59. The van der Waals surface area contributed by atoms with E-state index in [0.29, 0.717) is 0 Å². The summed E-state index contributed by atoms with van der Waals surface area (Å²) in [5.74, 6) is 0.0593. The van der Waals surface area contributed by atoms with Crippen LogP contribution < -0.4 is 5.32 Å². The summed E-state index contributed by atoms with van der Waals surface area (Å²) in [7, 11) is 0. The van der Waals surface area contributed by atoms with Crippen LogP contribution in [0.4, 0.5) is 5.69 Å². The Labute approximate surface area is 187 Å². The number of nitrogens with zero attached hydrogens (tertiary/aromatic N) is 5. The predicted molar refractivity (Wildman–Crippen MR) is 124 cm³/mol. The number of amides is 1. The Morgan fingerprint density at radius 3 is 2.38 bits per heavy atom. The molecule has 1 aliphatic heterocycles. The van der Waals surface area contributed by atoms with Gasteiger partial charge in [-0.05, 0) is 67.4 Å². The maximum Gasteiger partial charge on any atom is 0.228 e. The van der Waals surface area contributed by atoms with Gasteiger partial charge in [-0.2, -0.15) is 10.2 Å². The monoisotopic (exact) mass is 426 g/mol. The lowest BCUT2D eigenvalue weighted by atomic mass is 9.96. The lowest BCUT2D eigenvalue weighted by Crippen LogP contribution is -2.40. The number of rotatable bonds is 6. The molecular formula is C25H26N6O. The zero-order chi connectivity index (χ0) is 21.8. The molecule has 162 valence electrons. The molecule has 4 aromatic rings. The van der Waals surface area contributed by atoms with Crippen molar-refractivity contribution in [3.63, 3.8) is 0 Å². The molecule has 2 aromatic heterocycles. The molecule has 0 aliphatic carbocycles. The number of hydrogen-bond donors (Lipinski definition) is 1. The highest BCUT2D eigenvalue weighted by Crippen LogP contribution is 2.22. The van der Waals surface area contributed by atoms with Crippen LogP contribution in [0.1, 0.15) is 18.4 Å². The number of carbonyl (C=O) groups is 1. The summed E-state index contributed by atoms with van der Waals surface area (Å²) >= 11 is 0. The Morgan fingerprint density at radius 1 is 0.938 bits per heavy atom. The summed E-state index contributed by atoms with van der Waals surface area (Å²) in [6.07, 6.45) is 9.29. The smallest absolute Gasteiger partial charge is 0.228 e. The summed E-state index contributed by atoms with van der Waals surface area (Å²) in [6, 6.07) is 20.0. The second-order valence-corrected chi connectivity index (χ2v) is 8.19. The highest BCUT2D eigenvalue weighted by Gasteiger charge is 2.26. The van der Waals surface area contributed by atoms with E-state index in [4.69, 9.17) is 0 Å². The van der Waals surface area contributed by atoms with E-state index in [-0.39, 0.29) is 11.8 Å². The molecule has 3 heterocycles. The van der Waals surface area contributed by atoms with Gasteiger partial charge in [0.15, 0.2) is 0 Å². The van der Waals surface area contributed by atoms with Gasteiger partial charge in [0, 0.05) is 43.6 Å². The summed E-state index contributed by atoms with van der Waals surface area (Å²) in [5, 5.41) is 11.7. The quantitative estimate of drug-likeness (QED) is 0.508. The highest BCUT2D eigenvalue weighted by molar-refractivity contribution is 5.93. The van der Waals surface area contributed by atoms with Gasteiger partial charge in [-0.3, -0.25) is 9.69 Å². The highest BCUT2D eigenvalue weighted by atomic mass is 16.1. The zero-order valence-corrected chi connectivity index (χ0v) is 17.8. The normalized spacial score (nSPS) is 16.7. The summed E-state index contributed by atoms with van der Waals surface area (Å²) in [5.41, 5.74) is 4.00. The van der Waals surface area contributed by atoms with Crippen LogP contribution in [-0.4, -0.2) is 43.5 Å². The van der Waals surface area contributed by atoms with Crippen LogP contribution >= 0.6 is 0 Å².